The molecular weight excluding hydrogens is 249 g/mol. The number of hydrogen-bond acceptors (Lipinski definition) is 3. The molecule has 0 saturated carbocycles. The van der Waals surface area contributed by atoms with Gasteiger partial charge in [-0.15, -0.1) is 0 Å². The van der Waals surface area contributed by atoms with E-state index in [1.165, 1.54) is 18.2 Å². The largest absolute Gasteiger partial charge is 0.475 e. The van der Waals surface area contributed by atoms with Crippen molar-refractivity contribution < 1.29 is 18.7 Å². The Morgan fingerprint density at radius 2 is 2.00 bits per heavy atom. The molecular formula is C14H14FNO3. The topological polar surface area (TPSA) is 62.5 Å². The predicted octanol–water partition coefficient (Wildman–Crippen LogP) is 3.16. The second kappa shape index (κ2) is 5.56. The maximum Gasteiger partial charge on any atom is 0.371 e. The molecule has 0 aliphatic heterocycles. The van der Waals surface area contributed by atoms with E-state index in [0.29, 0.717) is 12.3 Å². The van der Waals surface area contributed by atoms with Gasteiger partial charge in [0, 0.05) is 12.1 Å². The lowest BCUT2D eigenvalue weighted by atomic mass is 10.1. The average molecular weight is 263 g/mol. The fourth-order valence-electron chi connectivity index (χ4n) is 1.80. The Bertz CT molecular complexity index is 562. The van der Waals surface area contributed by atoms with E-state index in [1.54, 1.807) is 18.2 Å². The quantitative estimate of drug-likeness (QED) is 0.869. The number of furan rings is 1. The van der Waals surface area contributed by atoms with Crippen LogP contribution in [0.5, 0.6) is 0 Å². The molecule has 0 amide bonds. The first-order valence-corrected chi connectivity index (χ1v) is 5.88. The highest BCUT2D eigenvalue weighted by Crippen LogP contribution is 2.16. The van der Waals surface area contributed by atoms with E-state index < -0.39 is 5.97 Å². The number of carbonyl (C=O) groups is 1. The van der Waals surface area contributed by atoms with Gasteiger partial charge in [0.05, 0.1) is 0 Å². The van der Waals surface area contributed by atoms with Crippen molar-refractivity contribution in [3.8, 4) is 0 Å². The minimum absolute atomic E-state index is 0.0401. The summed E-state index contributed by atoms with van der Waals surface area (Å²) in [5, 5.41) is 11.8. The molecule has 2 aromatic rings. The highest BCUT2D eigenvalue weighted by Gasteiger charge is 2.11. The van der Waals surface area contributed by atoms with Crippen LogP contribution in [0.15, 0.2) is 40.8 Å². The van der Waals surface area contributed by atoms with Crippen LogP contribution in [0.25, 0.3) is 0 Å². The maximum atomic E-state index is 12.8. The van der Waals surface area contributed by atoms with Crippen LogP contribution < -0.4 is 5.32 Å². The van der Waals surface area contributed by atoms with Gasteiger partial charge in [0.25, 0.3) is 0 Å². The molecule has 0 radical (unpaired) electrons. The summed E-state index contributed by atoms with van der Waals surface area (Å²) in [6.45, 7) is 1.94. The van der Waals surface area contributed by atoms with Crippen molar-refractivity contribution in [3.05, 3.63) is 53.5 Å². The molecule has 5 heteroatoms. The average Bonchev–Trinajstić information content (AvgIpc) is 2.80. The number of benzene rings is 1. The van der Waals surface area contributed by atoms with Gasteiger partial charge in [0.1, 0.15) is 5.82 Å². The Kier molecular flexibility index (Phi) is 3.85. The van der Waals surface area contributed by atoms with Crippen molar-refractivity contribution in [2.75, 3.05) is 5.32 Å². The Balaban J connectivity index is 1.94. The normalized spacial score (nSPS) is 12.1. The number of carboxylic acids is 1. The molecule has 0 aliphatic carbocycles. The molecule has 1 unspecified atom stereocenters. The monoisotopic (exact) mass is 263 g/mol. The lowest BCUT2D eigenvalue weighted by molar-refractivity contribution is 0.0663. The first kappa shape index (κ1) is 13.1. The first-order valence-electron chi connectivity index (χ1n) is 5.88. The Labute approximate surface area is 109 Å². The third kappa shape index (κ3) is 3.58. The van der Waals surface area contributed by atoms with Crippen LogP contribution in [0.1, 0.15) is 23.0 Å². The van der Waals surface area contributed by atoms with E-state index >= 15 is 0 Å². The number of nitrogens with one attached hydrogen (secondary N) is 1. The zero-order valence-corrected chi connectivity index (χ0v) is 10.4. The molecule has 2 rings (SSSR count). The van der Waals surface area contributed by atoms with E-state index in [4.69, 9.17) is 9.52 Å². The lowest BCUT2D eigenvalue weighted by Gasteiger charge is -2.12. The third-order valence-corrected chi connectivity index (χ3v) is 2.66. The summed E-state index contributed by atoms with van der Waals surface area (Å²) in [5.74, 6) is -1.05. The van der Waals surface area contributed by atoms with Crippen molar-refractivity contribution in [1.29, 1.82) is 0 Å². The molecule has 1 atom stereocenters. The minimum Gasteiger partial charge on any atom is -0.475 e. The number of halogens is 1. The van der Waals surface area contributed by atoms with Gasteiger partial charge in [-0.1, -0.05) is 12.1 Å². The zero-order valence-electron chi connectivity index (χ0n) is 10.4. The molecule has 2 N–H and O–H groups in total. The summed E-state index contributed by atoms with van der Waals surface area (Å²) in [5.41, 5.74) is 0.992. The van der Waals surface area contributed by atoms with Crippen molar-refractivity contribution in [3.63, 3.8) is 0 Å². The maximum absolute atomic E-state index is 12.8. The Morgan fingerprint density at radius 1 is 1.32 bits per heavy atom. The summed E-state index contributed by atoms with van der Waals surface area (Å²) < 4.78 is 17.9. The van der Waals surface area contributed by atoms with Gasteiger partial charge in [-0.3, -0.25) is 0 Å². The van der Waals surface area contributed by atoms with E-state index in [9.17, 15) is 9.18 Å². The summed E-state index contributed by atoms with van der Waals surface area (Å²) in [6, 6.07) is 9.28. The minimum atomic E-state index is -1.10. The van der Waals surface area contributed by atoms with Gasteiger partial charge in [0.2, 0.25) is 5.76 Å². The van der Waals surface area contributed by atoms with E-state index in [-0.39, 0.29) is 17.6 Å². The number of carboxylic acid groups (broad SMARTS) is 1. The van der Waals surface area contributed by atoms with Crippen molar-refractivity contribution in [2.24, 2.45) is 0 Å². The summed E-state index contributed by atoms with van der Waals surface area (Å²) in [7, 11) is 0. The van der Waals surface area contributed by atoms with Crippen LogP contribution in [0.2, 0.25) is 0 Å². The number of hydrogen-bond donors (Lipinski definition) is 2. The summed E-state index contributed by atoms with van der Waals surface area (Å²) in [4.78, 5) is 10.7. The third-order valence-electron chi connectivity index (χ3n) is 2.66. The van der Waals surface area contributed by atoms with Crippen LogP contribution in [-0.2, 0) is 6.42 Å². The molecule has 0 aliphatic rings. The molecule has 0 fully saturated rings. The first-order chi connectivity index (χ1) is 9.04. The molecule has 19 heavy (non-hydrogen) atoms. The van der Waals surface area contributed by atoms with Crippen LogP contribution in [0.4, 0.5) is 10.3 Å². The van der Waals surface area contributed by atoms with Crippen molar-refractivity contribution >= 4 is 11.9 Å². The van der Waals surface area contributed by atoms with Gasteiger partial charge in [0.15, 0.2) is 5.88 Å². The number of anilines is 1. The van der Waals surface area contributed by atoms with Gasteiger partial charge < -0.3 is 14.8 Å². The van der Waals surface area contributed by atoms with Crippen molar-refractivity contribution in [1.82, 2.24) is 0 Å². The molecule has 0 saturated heterocycles. The highest BCUT2D eigenvalue weighted by molar-refractivity contribution is 5.84. The van der Waals surface area contributed by atoms with E-state index in [2.05, 4.69) is 5.32 Å². The molecule has 0 spiro atoms. The highest BCUT2D eigenvalue weighted by atomic mass is 19.1. The van der Waals surface area contributed by atoms with Crippen LogP contribution in [-0.4, -0.2) is 17.1 Å². The second-order valence-electron chi connectivity index (χ2n) is 4.35. The standard InChI is InChI=1S/C14H14FNO3/c1-9(8-10-2-4-11(15)5-3-10)16-13-7-6-12(19-13)14(17)18/h2-7,9,16H,8H2,1H3,(H,17,18). The van der Waals surface area contributed by atoms with E-state index in [1.807, 2.05) is 6.92 Å². The van der Waals surface area contributed by atoms with Crippen LogP contribution in [0.3, 0.4) is 0 Å². The molecule has 1 aromatic heterocycles. The second-order valence-corrected chi connectivity index (χ2v) is 4.35. The molecule has 0 bridgehead atoms. The zero-order chi connectivity index (χ0) is 13.8. The van der Waals surface area contributed by atoms with Crippen LogP contribution in [0, 0.1) is 5.82 Å². The van der Waals surface area contributed by atoms with Gasteiger partial charge in [-0.25, -0.2) is 9.18 Å². The van der Waals surface area contributed by atoms with Gasteiger partial charge in [-0.05, 0) is 37.1 Å². The van der Waals surface area contributed by atoms with Gasteiger partial charge >= 0.3 is 5.97 Å². The molecule has 1 heterocycles. The number of rotatable bonds is 5. The predicted molar refractivity (Wildman–Crippen MR) is 68.9 cm³/mol. The van der Waals surface area contributed by atoms with E-state index in [0.717, 1.165) is 5.56 Å². The Morgan fingerprint density at radius 3 is 2.58 bits per heavy atom. The van der Waals surface area contributed by atoms with Gasteiger partial charge in [-0.2, -0.15) is 0 Å². The lowest BCUT2D eigenvalue weighted by Crippen LogP contribution is -2.17. The van der Waals surface area contributed by atoms with Crippen LogP contribution >= 0.6 is 0 Å². The van der Waals surface area contributed by atoms with Crippen molar-refractivity contribution in [2.45, 2.75) is 19.4 Å². The Hall–Kier alpha value is -2.30. The fraction of sp³-hybridized carbons (Fsp3) is 0.214. The summed E-state index contributed by atoms with van der Waals surface area (Å²) >= 11 is 0. The smallest absolute Gasteiger partial charge is 0.371 e. The SMILES string of the molecule is CC(Cc1ccc(F)cc1)Nc1ccc(C(=O)O)o1. The summed E-state index contributed by atoms with van der Waals surface area (Å²) in [6.07, 6.45) is 0.684. The molecule has 1 aromatic carbocycles. The fourth-order valence-corrected chi connectivity index (χ4v) is 1.80. The molecule has 100 valence electrons. The number of aromatic carboxylic acids is 1. The molecule has 4 nitrogen and oxygen atoms in total.